The van der Waals surface area contributed by atoms with Gasteiger partial charge in [-0.15, -0.1) is 0 Å². The highest BCUT2D eigenvalue weighted by Crippen LogP contribution is 2.29. The van der Waals surface area contributed by atoms with Gasteiger partial charge in [0.15, 0.2) is 0 Å². The number of rotatable bonds is 4. The molecule has 0 spiro atoms. The third-order valence-corrected chi connectivity index (χ3v) is 5.51. The number of methoxy groups -OCH3 is 1. The van der Waals surface area contributed by atoms with Crippen molar-refractivity contribution in [2.75, 3.05) is 12.4 Å². The third kappa shape index (κ3) is 4.07. The molecular weight excluding hydrogens is 463 g/mol. The zero-order valence-electron chi connectivity index (χ0n) is 18.1. The number of fused-ring (bicyclic) bond motifs is 2. The van der Waals surface area contributed by atoms with Gasteiger partial charge in [0.1, 0.15) is 17.5 Å². The largest absolute Gasteiger partial charge is 0.453 e. The van der Waals surface area contributed by atoms with Crippen molar-refractivity contribution >= 4 is 33.8 Å². The van der Waals surface area contributed by atoms with Crippen molar-refractivity contribution in [2.45, 2.75) is 6.42 Å². The van der Waals surface area contributed by atoms with Gasteiger partial charge in [0.2, 0.25) is 5.95 Å². The molecular formula is C24H16F3N5O3. The summed E-state index contributed by atoms with van der Waals surface area (Å²) in [6, 6.07) is 11.1. The molecule has 0 fully saturated rings. The van der Waals surface area contributed by atoms with E-state index in [1.165, 1.54) is 19.2 Å². The van der Waals surface area contributed by atoms with Gasteiger partial charge in [0, 0.05) is 17.4 Å². The summed E-state index contributed by atoms with van der Waals surface area (Å²) in [7, 11) is 1.22. The Morgan fingerprint density at radius 1 is 1.00 bits per heavy atom. The molecule has 0 radical (unpaired) electrons. The summed E-state index contributed by atoms with van der Waals surface area (Å²) >= 11 is 0. The number of hydrogen-bond donors (Lipinski definition) is 3. The van der Waals surface area contributed by atoms with Crippen molar-refractivity contribution in [2.24, 2.45) is 0 Å². The molecule has 2 heterocycles. The topological polar surface area (TPSA) is 113 Å². The van der Waals surface area contributed by atoms with Crippen LogP contribution in [-0.4, -0.2) is 33.4 Å². The lowest BCUT2D eigenvalue weighted by atomic mass is 9.98. The van der Waals surface area contributed by atoms with E-state index in [0.29, 0.717) is 22.2 Å². The lowest BCUT2D eigenvalue weighted by molar-refractivity contribution is 0.186. The predicted octanol–water partition coefficient (Wildman–Crippen LogP) is 4.65. The number of carbonyl (C=O) groups excluding carboxylic acids is 1. The SMILES string of the molecule is COC(=O)Nc1nc2ccc(-c3cc(Cc4n[nH]c(=O)c5c(F)ccc(F)c45)ccc3F)cc2[nH]1. The fourth-order valence-electron chi connectivity index (χ4n) is 3.89. The summed E-state index contributed by atoms with van der Waals surface area (Å²) in [5.41, 5.74) is 1.68. The summed E-state index contributed by atoms with van der Waals surface area (Å²) in [5, 5.41) is 7.89. The molecule has 0 bridgehead atoms. The van der Waals surface area contributed by atoms with Crippen LogP contribution in [0, 0.1) is 17.5 Å². The second-order valence-electron chi connectivity index (χ2n) is 7.70. The van der Waals surface area contributed by atoms with E-state index >= 15 is 0 Å². The van der Waals surface area contributed by atoms with Crippen molar-refractivity contribution in [3.8, 4) is 11.1 Å². The smallest absolute Gasteiger partial charge is 0.413 e. The van der Waals surface area contributed by atoms with Crippen LogP contribution in [0.3, 0.4) is 0 Å². The molecule has 35 heavy (non-hydrogen) atoms. The Labute approximate surface area is 194 Å². The van der Waals surface area contributed by atoms with E-state index in [9.17, 15) is 22.8 Å². The van der Waals surface area contributed by atoms with Crippen LogP contribution in [0.1, 0.15) is 11.3 Å². The highest BCUT2D eigenvalue weighted by atomic mass is 19.1. The van der Waals surface area contributed by atoms with Gasteiger partial charge in [-0.05, 0) is 47.5 Å². The molecule has 11 heteroatoms. The van der Waals surface area contributed by atoms with Gasteiger partial charge in [0.05, 0.1) is 29.2 Å². The van der Waals surface area contributed by atoms with E-state index in [4.69, 9.17) is 0 Å². The van der Waals surface area contributed by atoms with Crippen LogP contribution in [0.4, 0.5) is 23.9 Å². The lowest BCUT2D eigenvalue weighted by Crippen LogP contribution is -2.14. The van der Waals surface area contributed by atoms with Crippen molar-refractivity contribution in [1.82, 2.24) is 20.2 Å². The number of aromatic amines is 2. The molecule has 176 valence electrons. The van der Waals surface area contributed by atoms with Crippen LogP contribution in [0.2, 0.25) is 0 Å². The van der Waals surface area contributed by atoms with E-state index in [1.54, 1.807) is 24.3 Å². The van der Waals surface area contributed by atoms with Crippen LogP contribution in [0.25, 0.3) is 32.9 Å². The lowest BCUT2D eigenvalue weighted by Gasteiger charge is -2.10. The normalized spacial score (nSPS) is 11.2. The molecule has 5 rings (SSSR count). The van der Waals surface area contributed by atoms with Gasteiger partial charge in [-0.3, -0.25) is 10.1 Å². The molecule has 0 aliphatic carbocycles. The Morgan fingerprint density at radius 3 is 2.51 bits per heavy atom. The van der Waals surface area contributed by atoms with Crippen molar-refractivity contribution in [3.63, 3.8) is 0 Å². The number of halogens is 3. The second kappa shape index (κ2) is 8.60. The van der Waals surface area contributed by atoms with E-state index in [2.05, 4.69) is 30.2 Å². The highest BCUT2D eigenvalue weighted by molar-refractivity contribution is 5.88. The molecule has 0 unspecified atom stereocenters. The van der Waals surface area contributed by atoms with Crippen LogP contribution in [0.15, 0.2) is 53.3 Å². The quantitative estimate of drug-likeness (QED) is 0.347. The fourth-order valence-corrected chi connectivity index (χ4v) is 3.89. The molecule has 2 aromatic heterocycles. The summed E-state index contributed by atoms with van der Waals surface area (Å²) < 4.78 is 48.0. The number of H-pyrrole nitrogens is 2. The monoisotopic (exact) mass is 479 g/mol. The molecule has 0 saturated heterocycles. The number of imidazole rings is 1. The molecule has 8 nitrogen and oxygen atoms in total. The van der Waals surface area contributed by atoms with Crippen LogP contribution >= 0.6 is 0 Å². The van der Waals surface area contributed by atoms with Crippen molar-refractivity contribution in [1.29, 1.82) is 0 Å². The van der Waals surface area contributed by atoms with Gasteiger partial charge in [-0.25, -0.2) is 28.0 Å². The number of benzene rings is 3. The summed E-state index contributed by atoms with van der Waals surface area (Å²) in [5.74, 6) is -1.97. The maximum Gasteiger partial charge on any atom is 0.413 e. The number of aromatic nitrogens is 4. The molecule has 0 aliphatic rings. The minimum absolute atomic E-state index is 0.0143. The maximum absolute atomic E-state index is 14.8. The molecule has 3 aromatic carbocycles. The average Bonchev–Trinajstić information content (AvgIpc) is 3.25. The minimum Gasteiger partial charge on any atom is -0.453 e. The number of amides is 1. The number of nitrogens with zero attached hydrogens (tertiary/aromatic N) is 2. The Morgan fingerprint density at radius 2 is 1.74 bits per heavy atom. The fraction of sp³-hybridized carbons (Fsp3) is 0.0833. The standard InChI is InChI=1S/C24H16F3N5O3/c1-35-24(34)30-23-28-17-7-3-12(10-18(17)29-23)13-8-11(2-4-14(13)25)9-19-20-15(26)5-6-16(27)21(20)22(33)32-31-19/h2-8,10H,9H2,1H3,(H,32,33)(H2,28,29,30,34). The van der Waals surface area contributed by atoms with Crippen LogP contribution in [0.5, 0.6) is 0 Å². The number of ether oxygens (including phenoxy) is 1. The first-order valence-electron chi connectivity index (χ1n) is 10.3. The zero-order chi connectivity index (χ0) is 24.7. The maximum atomic E-state index is 14.8. The van der Waals surface area contributed by atoms with Gasteiger partial charge >= 0.3 is 6.09 Å². The van der Waals surface area contributed by atoms with E-state index in [1.807, 2.05) is 0 Å². The summed E-state index contributed by atoms with van der Waals surface area (Å²) in [4.78, 5) is 30.6. The number of hydrogen-bond acceptors (Lipinski definition) is 5. The number of nitrogens with one attached hydrogen (secondary N) is 3. The van der Waals surface area contributed by atoms with Crippen molar-refractivity contribution in [3.05, 3.63) is 87.6 Å². The first kappa shape index (κ1) is 22.1. The van der Waals surface area contributed by atoms with E-state index < -0.39 is 34.5 Å². The minimum atomic E-state index is -0.861. The molecule has 0 saturated carbocycles. The van der Waals surface area contributed by atoms with Crippen LogP contribution in [-0.2, 0) is 11.2 Å². The Hall–Kier alpha value is -4.67. The zero-order valence-corrected chi connectivity index (χ0v) is 18.1. The van der Waals surface area contributed by atoms with E-state index in [-0.39, 0.29) is 29.0 Å². The van der Waals surface area contributed by atoms with Gasteiger partial charge in [-0.1, -0.05) is 12.1 Å². The molecule has 5 aromatic rings. The number of carbonyl (C=O) groups is 1. The third-order valence-electron chi connectivity index (χ3n) is 5.51. The Kier molecular flexibility index (Phi) is 5.44. The number of anilines is 1. The molecule has 3 N–H and O–H groups in total. The average molecular weight is 479 g/mol. The summed E-state index contributed by atoms with van der Waals surface area (Å²) in [6.07, 6.45) is -0.678. The Bertz CT molecular complexity index is 1680. The van der Waals surface area contributed by atoms with Gasteiger partial charge in [-0.2, -0.15) is 5.10 Å². The highest BCUT2D eigenvalue weighted by Gasteiger charge is 2.17. The second-order valence-corrected chi connectivity index (χ2v) is 7.70. The molecule has 0 atom stereocenters. The molecule has 0 aliphatic heterocycles. The van der Waals surface area contributed by atoms with Crippen LogP contribution < -0.4 is 10.9 Å². The Balaban J connectivity index is 1.53. The van der Waals surface area contributed by atoms with Gasteiger partial charge in [0.25, 0.3) is 5.56 Å². The van der Waals surface area contributed by atoms with Crippen molar-refractivity contribution < 1.29 is 22.7 Å². The van der Waals surface area contributed by atoms with E-state index in [0.717, 1.165) is 12.1 Å². The summed E-state index contributed by atoms with van der Waals surface area (Å²) in [6.45, 7) is 0. The first-order chi connectivity index (χ1) is 16.8. The first-order valence-corrected chi connectivity index (χ1v) is 10.3. The predicted molar refractivity (Wildman–Crippen MR) is 123 cm³/mol. The molecule has 1 amide bonds. The van der Waals surface area contributed by atoms with Gasteiger partial charge < -0.3 is 9.72 Å².